The van der Waals surface area contributed by atoms with E-state index in [0.29, 0.717) is 11.6 Å². The molecular formula is C12H18N2O2S. The number of amides is 2. The average molecular weight is 254 g/mol. The minimum absolute atomic E-state index is 0.0113. The lowest BCUT2D eigenvalue weighted by atomic mass is 10.2. The van der Waals surface area contributed by atoms with E-state index in [-0.39, 0.29) is 17.9 Å². The maximum absolute atomic E-state index is 11.9. The third-order valence-electron chi connectivity index (χ3n) is 2.43. The zero-order valence-corrected chi connectivity index (χ0v) is 11.2. The van der Waals surface area contributed by atoms with Gasteiger partial charge in [0.1, 0.15) is 6.04 Å². The number of allylic oxidation sites excluding steroid dienone is 3. The minimum atomic E-state index is -0.322. The topological polar surface area (TPSA) is 40.6 Å². The molecule has 1 fully saturated rings. The largest absolute Gasteiger partial charge is 0.347 e. The lowest BCUT2D eigenvalue weighted by Gasteiger charge is -2.24. The fourth-order valence-corrected chi connectivity index (χ4v) is 2.66. The molecule has 0 unspecified atom stereocenters. The summed E-state index contributed by atoms with van der Waals surface area (Å²) in [5, 5.41) is 0. The second kappa shape index (κ2) is 6.49. The van der Waals surface area contributed by atoms with Crippen LogP contribution in [0.5, 0.6) is 0 Å². The number of likely N-dealkylation sites (N-methyl/N-ethyl adjacent to an activating group) is 1. The van der Waals surface area contributed by atoms with Crippen LogP contribution in [0.1, 0.15) is 6.92 Å². The molecule has 2 amide bonds. The fourth-order valence-electron chi connectivity index (χ4n) is 1.51. The van der Waals surface area contributed by atoms with E-state index in [1.807, 2.05) is 13.0 Å². The van der Waals surface area contributed by atoms with Crippen LogP contribution in [-0.4, -0.2) is 53.4 Å². The Labute approximate surface area is 106 Å². The highest BCUT2D eigenvalue weighted by molar-refractivity contribution is 7.99. The Kier molecular flexibility index (Phi) is 5.28. The summed E-state index contributed by atoms with van der Waals surface area (Å²) in [6.45, 7) is 1.89. The van der Waals surface area contributed by atoms with Crippen LogP contribution in [0.25, 0.3) is 0 Å². The van der Waals surface area contributed by atoms with Crippen LogP contribution in [0.15, 0.2) is 24.3 Å². The van der Waals surface area contributed by atoms with Gasteiger partial charge in [-0.3, -0.25) is 9.59 Å². The lowest BCUT2D eigenvalue weighted by Crippen LogP contribution is -2.46. The Morgan fingerprint density at radius 1 is 1.35 bits per heavy atom. The van der Waals surface area contributed by atoms with Crippen molar-refractivity contribution in [3.63, 3.8) is 0 Å². The van der Waals surface area contributed by atoms with Crippen LogP contribution in [0, 0.1) is 0 Å². The molecule has 0 bridgehead atoms. The van der Waals surface area contributed by atoms with Crippen molar-refractivity contribution in [1.29, 1.82) is 0 Å². The smallest absolute Gasteiger partial charge is 0.247 e. The van der Waals surface area contributed by atoms with Crippen LogP contribution in [0.3, 0.4) is 0 Å². The molecule has 0 saturated carbocycles. The Morgan fingerprint density at radius 3 is 2.65 bits per heavy atom. The molecule has 94 valence electrons. The second-order valence-electron chi connectivity index (χ2n) is 3.94. The Hall–Kier alpha value is -1.23. The van der Waals surface area contributed by atoms with E-state index in [9.17, 15) is 9.59 Å². The number of nitrogens with zero attached hydrogens (tertiary/aromatic N) is 2. The molecule has 0 aromatic heterocycles. The van der Waals surface area contributed by atoms with E-state index < -0.39 is 0 Å². The standard InChI is InChI=1S/C12H18N2O2S/c1-4-5-6-7-11(15)14-9-17-8-10(14)12(16)13(2)3/h4-7,10H,8-9H2,1-3H3/b5-4+,7-6-/t10-/m1/s1. The highest BCUT2D eigenvalue weighted by atomic mass is 32.2. The van der Waals surface area contributed by atoms with Gasteiger partial charge in [-0.15, -0.1) is 11.8 Å². The van der Waals surface area contributed by atoms with Crippen molar-refractivity contribution in [3.05, 3.63) is 24.3 Å². The summed E-state index contributed by atoms with van der Waals surface area (Å²) < 4.78 is 0. The van der Waals surface area contributed by atoms with Crippen molar-refractivity contribution in [1.82, 2.24) is 9.80 Å². The van der Waals surface area contributed by atoms with Crippen molar-refractivity contribution >= 4 is 23.6 Å². The van der Waals surface area contributed by atoms with Crippen LogP contribution in [-0.2, 0) is 9.59 Å². The zero-order valence-electron chi connectivity index (χ0n) is 10.4. The van der Waals surface area contributed by atoms with Gasteiger partial charge in [0.05, 0.1) is 5.88 Å². The van der Waals surface area contributed by atoms with E-state index in [0.717, 1.165) is 0 Å². The molecule has 0 aromatic rings. The molecule has 1 heterocycles. The van der Waals surface area contributed by atoms with Gasteiger partial charge in [0.25, 0.3) is 0 Å². The van der Waals surface area contributed by atoms with Crippen molar-refractivity contribution in [2.24, 2.45) is 0 Å². The van der Waals surface area contributed by atoms with Crippen molar-refractivity contribution < 1.29 is 9.59 Å². The van der Waals surface area contributed by atoms with Gasteiger partial charge in [0, 0.05) is 25.9 Å². The quantitative estimate of drug-likeness (QED) is 0.559. The molecule has 0 aromatic carbocycles. The fraction of sp³-hybridized carbons (Fsp3) is 0.500. The first kappa shape index (κ1) is 13.8. The molecule has 1 atom stereocenters. The molecule has 1 saturated heterocycles. The van der Waals surface area contributed by atoms with E-state index in [2.05, 4.69) is 0 Å². The normalized spacial score (nSPS) is 20.4. The molecule has 1 aliphatic rings. The highest BCUT2D eigenvalue weighted by Gasteiger charge is 2.34. The van der Waals surface area contributed by atoms with Crippen LogP contribution in [0.2, 0.25) is 0 Å². The van der Waals surface area contributed by atoms with Crippen molar-refractivity contribution in [2.75, 3.05) is 25.7 Å². The predicted molar refractivity (Wildman–Crippen MR) is 70.6 cm³/mol. The van der Waals surface area contributed by atoms with Crippen molar-refractivity contribution in [2.45, 2.75) is 13.0 Å². The monoisotopic (exact) mass is 254 g/mol. The summed E-state index contributed by atoms with van der Waals surface area (Å²) in [7, 11) is 3.42. The van der Waals surface area contributed by atoms with E-state index in [1.54, 1.807) is 42.9 Å². The molecule has 0 radical (unpaired) electrons. The lowest BCUT2D eigenvalue weighted by molar-refractivity contribution is -0.139. The van der Waals surface area contributed by atoms with Crippen LogP contribution in [0.4, 0.5) is 0 Å². The molecular weight excluding hydrogens is 236 g/mol. The van der Waals surface area contributed by atoms with Gasteiger partial charge in [-0.25, -0.2) is 0 Å². The van der Waals surface area contributed by atoms with Gasteiger partial charge < -0.3 is 9.80 Å². The van der Waals surface area contributed by atoms with Crippen molar-refractivity contribution in [3.8, 4) is 0 Å². The average Bonchev–Trinajstić information content (AvgIpc) is 2.76. The first-order valence-corrected chi connectivity index (χ1v) is 6.62. The first-order valence-electron chi connectivity index (χ1n) is 5.46. The maximum Gasteiger partial charge on any atom is 0.247 e. The molecule has 0 aliphatic carbocycles. The van der Waals surface area contributed by atoms with Gasteiger partial charge in [-0.1, -0.05) is 18.2 Å². The zero-order chi connectivity index (χ0) is 12.8. The van der Waals surface area contributed by atoms with Gasteiger partial charge in [0.15, 0.2) is 0 Å². The molecule has 0 N–H and O–H groups in total. The Balaban J connectivity index is 2.69. The molecule has 1 rings (SSSR count). The third kappa shape index (κ3) is 3.63. The van der Waals surface area contributed by atoms with Crippen LogP contribution < -0.4 is 0 Å². The number of carbonyl (C=O) groups is 2. The van der Waals surface area contributed by atoms with Crippen LogP contribution >= 0.6 is 11.8 Å². The summed E-state index contributed by atoms with van der Waals surface area (Å²) in [5.74, 6) is 1.15. The predicted octanol–water partition coefficient (Wildman–Crippen LogP) is 1.11. The van der Waals surface area contributed by atoms with Gasteiger partial charge in [-0.05, 0) is 6.92 Å². The first-order chi connectivity index (χ1) is 8.07. The molecule has 5 heteroatoms. The number of carbonyl (C=O) groups excluding carboxylic acids is 2. The number of thioether (sulfide) groups is 1. The molecule has 4 nitrogen and oxygen atoms in total. The SMILES string of the molecule is C/C=C/C=C\C(=O)N1CSC[C@@H]1C(=O)N(C)C. The summed E-state index contributed by atoms with van der Waals surface area (Å²) in [6.07, 6.45) is 6.85. The second-order valence-corrected chi connectivity index (χ2v) is 4.94. The maximum atomic E-state index is 11.9. The summed E-state index contributed by atoms with van der Waals surface area (Å²) in [6, 6.07) is -0.322. The minimum Gasteiger partial charge on any atom is -0.347 e. The van der Waals surface area contributed by atoms with E-state index >= 15 is 0 Å². The van der Waals surface area contributed by atoms with Gasteiger partial charge >= 0.3 is 0 Å². The van der Waals surface area contributed by atoms with E-state index in [4.69, 9.17) is 0 Å². The summed E-state index contributed by atoms with van der Waals surface area (Å²) in [4.78, 5) is 26.9. The number of rotatable bonds is 3. The molecule has 1 aliphatic heterocycles. The summed E-state index contributed by atoms with van der Waals surface area (Å²) >= 11 is 1.61. The molecule has 0 spiro atoms. The van der Waals surface area contributed by atoms with Gasteiger partial charge in [-0.2, -0.15) is 0 Å². The Morgan fingerprint density at radius 2 is 2.06 bits per heavy atom. The van der Waals surface area contributed by atoms with Gasteiger partial charge in [0.2, 0.25) is 11.8 Å². The third-order valence-corrected chi connectivity index (χ3v) is 3.45. The highest BCUT2D eigenvalue weighted by Crippen LogP contribution is 2.22. The van der Waals surface area contributed by atoms with E-state index in [1.165, 1.54) is 11.0 Å². The molecule has 17 heavy (non-hydrogen) atoms. The Bertz CT molecular complexity index is 350. The number of hydrogen-bond acceptors (Lipinski definition) is 3. The summed E-state index contributed by atoms with van der Waals surface area (Å²) in [5.41, 5.74) is 0. The number of hydrogen-bond donors (Lipinski definition) is 0.